The zero-order valence-electron chi connectivity index (χ0n) is 16.4. The molecule has 0 saturated heterocycles. The van der Waals surface area contributed by atoms with Gasteiger partial charge in [0.2, 0.25) is 0 Å². The molecule has 2 heterocycles. The number of aliphatic hydroxyl groups excluding tert-OH is 1. The number of hydrogen-bond donors (Lipinski definition) is 2. The van der Waals surface area contributed by atoms with Crippen LogP contribution in [0.25, 0.3) is 0 Å². The van der Waals surface area contributed by atoms with Crippen molar-refractivity contribution in [3.05, 3.63) is 17.5 Å². The van der Waals surface area contributed by atoms with Crippen LogP contribution < -0.4 is 0 Å². The molecule has 0 unspecified atom stereocenters. The second kappa shape index (κ2) is 6.94. The van der Waals surface area contributed by atoms with E-state index in [1.165, 1.54) is 0 Å². The van der Waals surface area contributed by atoms with Crippen LogP contribution in [0, 0.1) is 11.3 Å². The molecule has 1 saturated carbocycles. The molecule has 27 heavy (non-hydrogen) atoms. The highest BCUT2D eigenvalue weighted by molar-refractivity contribution is 5.89. The van der Waals surface area contributed by atoms with E-state index in [0.29, 0.717) is 24.6 Å². The minimum absolute atomic E-state index is 0.137. The van der Waals surface area contributed by atoms with Gasteiger partial charge in [-0.2, -0.15) is 0 Å². The Morgan fingerprint density at radius 1 is 1.19 bits per heavy atom. The van der Waals surface area contributed by atoms with Gasteiger partial charge < -0.3 is 19.6 Å². The number of aliphatic hydroxyl groups is 1. The van der Waals surface area contributed by atoms with Crippen molar-refractivity contribution in [1.82, 2.24) is 15.2 Å². The van der Waals surface area contributed by atoms with Gasteiger partial charge in [0.1, 0.15) is 5.82 Å². The molecule has 1 spiro atoms. The standard InChI is InChI=1S/C18H27N5O4/c1-10(2)13-19-16(23-21-13)22-20-12-14(24)26-18(27-15(12)25)8-6-11(7-9-18)17(3,4)5/h10-11,24H,6-9H2,1-5H3,(H,19,21,23). The maximum Gasteiger partial charge on any atom is 0.369 e. The summed E-state index contributed by atoms with van der Waals surface area (Å²) >= 11 is 0. The summed E-state index contributed by atoms with van der Waals surface area (Å²) in [5.41, 5.74) is -0.190. The van der Waals surface area contributed by atoms with E-state index in [-0.39, 0.29) is 23.0 Å². The lowest BCUT2D eigenvalue weighted by molar-refractivity contribution is -0.255. The molecule has 0 aromatic carbocycles. The molecule has 0 radical (unpaired) electrons. The Hall–Kier alpha value is -2.45. The summed E-state index contributed by atoms with van der Waals surface area (Å²) in [5, 5.41) is 25.5. The fourth-order valence-corrected chi connectivity index (χ4v) is 3.43. The van der Waals surface area contributed by atoms with Crippen molar-refractivity contribution in [1.29, 1.82) is 0 Å². The molecular formula is C18H27N5O4. The molecule has 1 aromatic rings. The summed E-state index contributed by atoms with van der Waals surface area (Å²) in [6.45, 7) is 10.5. The Morgan fingerprint density at radius 2 is 1.85 bits per heavy atom. The largest absolute Gasteiger partial charge is 0.479 e. The molecule has 0 atom stereocenters. The lowest BCUT2D eigenvalue weighted by Crippen LogP contribution is -2.46. The van der Waals surface area contributed by atoms with Crippen LogP contribution in [0.1, 0.15) is 72.0 Å². The van der Waals surface area contributed by atoms with Gasteiger partial charge in [0, 0.05) is 18.8 Å². The number of aromatic amines is 1. The first-order chi connectivity index (χ1) is 12.6. The highest BCUT2D eigenvalue weighted by Crippen LogP contribution is 2.45. The van der Waals surface area contributed by atoms with E-state index in [0.717, 1.165) is 12.8 Å². The van der Waals surface area contributed by atoms with Crippen molar-refractivity contribution >= 4 is 11.9 Å². The van der Waals surface area contributed by atoms with Gasteiger partial charge in [-0.1, -0.05) is 34.6 Å². The third-order valence-corrected chi connectivity index (χ3v) is 5.21. The fraction of sp³-hybridized carbons (Fsp3) is 0.722. The first-order valence-corrected chi connectivity index (χ1v) is 9.29. The van der Waals surface area contributed by atoms with Gasteiger partial charge in [0.25, 0.3) is 17.4 Å². The number of nitrogens with zero attached hydrogens (tertiary/aromatic N) is 4. The van der Waals surface area contributed by atoms with Crippen LogP contribution in [-0.4, -0.2) is 32.0 Å². The fourth-order valence-electron chi connectivity index (χ4n) is 3.43. The predicted molar refractivity (Wildman–Crippen MR) is 96.0 cm³/mol. The molecule has 2 N–H and O–H groups in total. The SMILES string of the molecule is CC(C)c1nnc(N=NC2=C(O)OC3(CCC(C(C)(C)C)CC3)OC2=O)[nH]1. The van der Waals surface area contributed by atoms with Gasteiger partial charge in [0.05, 0.1) is 0 Å². The third kappa shape index (κ3) is 4.12. The van der Waals surface area contributed by atoms with Gasteiger partial charge in [-0.05, 0) is 24.2 Å². The average molecular weight is 377 g/mol. The van der Waals surface area contributed by atoms with Crippen LogP contribution in [0.3, 0.4) is 0 Å². The first-order valence-electron chi connectivity index (χ1n) is 9.29. The lowest BCUT2D eigenvalue weighted by atomic mass is 9.71. The number of azo groups is 1. The number of esters is 1. The predicted octanol–water partition coefficient (Wildman–Crippen LogP) is 4.24. The molecule has 148 valence electrons. The molecule has 3 rings (SSSR count). The zero-order valence-corrected chi connectivity index (χ0v) is 16.4. The van der Waals surface area contributed by atoms with Gasteiger partial charge >= 0.3 is 11.9 Å². The van der Waals surface area contributed by atoms with E-state index in [1.54, 1.807) is 0 Å². The summed E-state index contributed by atoms with van der Waals surface area (Å²) in [6.07, 6.45) is 2.79. The monoisotopic (exact) mass is 377 g/mol. The Balaban J connectivity index is 1.71. The number of aromatic nitrogens is 3. The molecule has 0 amide bonds. The van der Waals surface area contributed by atoms with Crippen molar-refractivity contribution < 1.29 is 19.4 Å². The summed E-state index contributed by atoms with van der Waals surface area (Å²) in [6, 6.07) is 0. The van der Waals surface area contributed by atoms with E-state index in [1.807, 2.05) is 13.8 Å². The van der Waals surface area contributed by atoms with E-state index in [4.69, 9.17) is 9.47 Å². The molecule has 9 heteroatoms. The third-order valence-electron chi connectivity index (χ3n) is 5.21. The molecule has 1 fully saturated rings. The van der Waals surface area contributed by atoms with Crippen molar-refractivity contribution in [2.24, 2.45) is 21.6 Å². The second-order valence-electron chi connectivity index (χ2n) is 8.58. The van der Waals surface area contributed by atoms with Gasteiger partial charge in [0.15, 0.2) is 0 Å². The van der Waals surface area contributed by atoms with E-state index in [2.05, 4.69) is 46.2 Å². The average Bonchev–Trinajstić information content (AvgIpc) is 3.03. The molecule has 1 aromatic heterocycles. The van der Waals surface area contributed by atoms with Crippen molar-refractivity contribution in [3.8, 4) is 0 Å². The van der Waals surface area contributed by atoms with Crippen LogP contribution in [0.15, 0.2) is 21.9 Å². The van der Waals surface area contributed by atoms with Crippen LogP contribution in [-0.2, 0) is 14.3 Å². The van der Waals surface area contributed by atoms with Crippen molar-refractivity contribution in [3.63, 3.8) is 0 Å². The molecular weight excluding hydrogens is 350 g/mol. The Morgan fingerprint density at radius 3 is 2.37 bits per heavy atom. The quantitative estimate of drug-likeness (QED) is 0.600. The van der Waals surface area contributed by atoms with E-state index in [9.17, 15) is 9.90 Å². The van der Waals surface area contributed by atoms with Crippen molar-refractivity contribution in [2.75, 3.05) is 0 Å². The minimum Gasteiger partial charge on any atom is -0.479 e. The molecule has 1 aliphatic heterocycles. The zero-order chi connectivity index (χ0) is 19.8. The number of nitrogens with one attached hydrogen (secondary N) is 1. The normalized spacial score (nSPS) is 26.7. The van der Waals surface area contributed by atoms with E-state index >= 15 is 0 Å². The maximum atomic E-state index is 12.4. The van der Waals surface area contributed by atoms with Crippen molar-refractivity contribution in [2.45, 2.75) is 72.0 Å². The van der Waals surface area contributed by atoms with Crippen LogP contribution in [0.5, 0.6) is 0 Å². The minimum atomic E-state index is -1.11. The van der Waals surface area contributed by atoms with Crippen LogP contribution in [0.2, 0.25) is 0 Å². The highest BCUT2D eigenvalue weighted by atomic mass is 16.8. The molecule has 1 aliphatic carbocycles. The van der Waals surface area contributed by atoms with Crippen LogP contribution in [0.4, 0.5) is 5.95 Å². The summed E-state index contributed by atoms with van der Waals surface area (Å²) in [4.78, 5) is 15.2. The molecule has 2 aliphatic rings. The summed E-state index contributed by atoms with van der Waals surface area (Å²) in [7, 11) is 0. The number of carbonyl (C=O) groups excluding carboxylic acids is 1. The van der Waals surface area contributed by atoms with Gasteiger partial charge in [-0.25, -0.2) is 4.79 Å². The Kier molecular flexibility index (Phi) is 4.96. The van der Waals surface area contributed by atoms with Crippen LogP contribution >= 0.6 is 0 Å². The molecule has 0 bridgehead atoms. The first kappa shape index (κ1) is 19.3. The maximum absolute atomic E-state index is 12.4. The molecule has 9 nitrogen and oxygen atoms in total. The highest BCUT2D eigenvalue weighted by Gasteiger charge is 2.48. The Labute approximate surface area is 158 Å². The topological polar surface area (TPSA) is 122 Å². The summed E-state index contributed by atoms with van der Waals surface area (Å²) < 4.78 is 11.1. The van der Waals surface area contributed by atoms with Gasteiger partial charge in [-0.3, -0.25) is 0 Å². The number of hydrogen-bond acceptors (Lipinski definition) is 8. The smallest absolute Gasteiger partial charge is 0.369 e. The number of rotatable bonds is 3. The lowest BCUT2D eigenvalue weighted by Gasteiger charge is -2.43. The number of carbonyl (C=O) groups is 1. The second-order valence-corrected chi connectivity index (χ2v) is 8.58. The van der Waals surface area contributed by atoms with E-state index < -0.39 is 17.7 Å². The van der Waals surface area contributed by atoms with Gasteiger partial charge in [-0.15, -0.1) is 20.4 Å². The number of H-pyrrole nitrogens is 1. The summed E-state index contributed by atoms with van der Waals surface area (Å²) in [5.74, 6) is -0.969. The Bertz CT molecular complexity index is 767. The number of ether oxygens (including phenoxy) is 2.